The third-order valence-corrected chi connectivity index (χ3v) is 5.70. The van der Waals surface area contributed by atoms with E-state index in [0.717, 1.165) is 0 Å². The van der Waals surface area contributed by atoms with Gasteiger partial charge in [0.1, 0.15) is 12.7 Å². The molecule has 5 rings (SSSR count). The Kier molecular flexibility index (Phi) is 5.26. The smallest absolute Gasteiger partial charge is 0.266 e. The van der Waals surface area contributed by atoms with Crippen LogP contribution in [-0.2, 0) is 9.68 Å². The molecule has 0 saturated carbocycles. The van der Waals surface area contributed by atoms with Crippen molar-refractivity contribution in [3.63, 3.8) is 0 Å². The molecule has 0 aromatic heterocycles. The highest BCUT2D eigenvalue weighted by Crippen LogP contribution is 2.32. The first-order valence-electron chi connectivity index (χ1n) is 9.97. The Morgan fingerprint density at radius 1 is 0.636 bits per heavy atom. The van der Waals surface area contributed by atoms with E-state index in [9.17, 15) is 19.2 Å². The fourth-order valence-corrected chi connectivity index (χ4v) is 3.99. The second-order valence-corrected chi connectivity index (χ2v) is 7.72. The molecule has 33 heavy (non-hydrogen) atoms. The van der Waals surface area contributed by atoms with Crippen LogP contribution in [-0.4, -0.2) is 40.4 Å². The lowest BCUT2D eigenvalue weighted by molar-refractivity contribution is -0.184. The van der Waals surface area contributed by atoms with Crippen LogP contribution in [0.3, 0.4) is 0 Å². The third kappa shape index (κ3) is 3.50. The van der Waals surface area contributed by atoms with E-state index >= 15 is 0 Å². The molecule has 4 amide bonds. The molecule has 0 bridgehead atoms. The maximum absolute atomic E-state index is 12.8. The van der Waals surface area contributed by atoms with Crippen LogP contribution in [0.15, 0.2) is 72.8 Å². The lowest BCUT2D eigenvalue weighted by Gasteiger charge is -2.24. The number of imide groups is 2. The van der Waals surface area contributed by atoms with E-state index in [1.807, 2.05) is 0 Å². The molecule has 2 aliphatic heterocycles. The summed E-state index contributed by atoms with van der Waals surface area (Å²) < 4.78 is 0. The van der Waals surface area contributed by atoms with Crippen LogP contribution in [0.25, 0.3) is 0 Å². The molecule has 1 unspecified atom stereocenters. The average Bonchev–Trinajstić information content (AvgIpc) is 3.22. The van der Waals surface area contributed by atoms with E-state index in [4.69, 9.17) is 21.3 Å². The van der Waals surface area contributed by atoms with Gasteiger partial charge in [-0.15, -0.1) is 10.1 Å². The molecule has 1 atom stereocenters. The van der Waals surface area contributed by atoms with Gasteiger partial charge in [0.25, 0.3) is 23.6 Å². The normalized spacial score (nSPS) is 15.8. The maximum Gasteiger partial charge on any atom is 0.285 e. The zero-order valence-corrected chi connectivity index (χ0v) is 17.7. The summed E-state index contributed by atoms with van der Waals surface area (Å²) in [5, 5.41) is 1.58. The highest BCUT2D eigenvalue weighted by Gasteiger charge is 2.40. The first-order valence-corrected chi connectivity index (χ1v) is 10.3. The summed E-state index contributed by atoms with van der Waals surface area (Å²) in [7, 11) is 0. The lowest BCUT2D eigenvalue weighted by Crippen LogP contribution is -2.36. The molecule has 0 saturated heterocycles. The summed E-state index contributed by atoms with van der Waals surface area (Å²) in [5.74, 6) is -2.50. The summed E-state index contributed by atoms with van der Waals surface area (Å²) in [6.07, 6.45) is -1.08. The van der Waals surface area contributed by atoms with E-state index < -0.39 is 29.7 Å². The van der Waals surface area contributed by atoms with Crippen molar-refractivity contribution in [2.75, 3.05) is 6.61 Å². The van der Waals surface area contributed by atoms with E-state index in [-0.39, 0.29) is 28.9 Å². The van der Waals surface area contributed by atoms with Crippen molar-refractivity contribution >= 4 is 35.2 Å². The zero-order chi connectivity index (χ0) is 23.1. The van der Waals surface area contributed by atoms with Crippen molar-refractivity contribution in [1.82, 2.24) is 10.1 Å². The Bertz CT molecular complexity index is 1250. The number of rotatable bonds is 6. The molecule has 2 heterocycles. The Hall–Kier alpha value is -3.85. The molecule has 0 spiro atoms. The Morgan fingerprint density at radius 2 is 1.06 bits per heavy atom. The molecule has 2 aliphatic rings. The first kappa shape index (κ1) is 21.0. The Balaban J connectivity index is 1.41. The minimum Gasteiger partial charge on any atom is -0.266 e. The molecule has 0 fully saturated rings. The molecule has 3 aromatic carbocycles. The number of nitrogens with zero attached hydrogens (tertiary/aromatic N) is 2. The van der Waals surface area contributed by atoms with Gasteiger partial charge in [0.05, 0.1) is 22.3 Å². The second kappa shape index (κ2) is 8.25. The fraction of sp³-hybridized carbons (Fsp3) is 0.0833. The lowest BCUT2D eigenvalue weighted by atomic mass is 10.1. The van der Waals surface area contributed by atoms with Crippen molar-refractivity contribution in [3.8, 4) is 0 Å². The number of fused-ring (bicyclic) bond motifs is 2. The van der Waals surface area contributed by atoms with Gasteiger partial charge in [-0.25, -0.2) is 0 Å². The van der Waals surface area contributed by atoms with Crippen LogP contribution >= 0.6 is 11.6 Å². The summed E-state index contributed by atoms with van der Waals surface area (Å²) in [4.78, 5) is 62.1. The summed E-state index contributed by atoms with van der Waals surface area (Å²) in [6, 6.07) is 19.3. The number of benzene rings is 3. The van der Waals surface area contributed by atoms with Crippen molar-refractivity contribution in [1.29, 1.82) is 0 Å². The van der Waals surface area contributed by atoms with Crippen LogP contribution in [0.1, 0.15) is 53.1 Å². The predicted molar refractivity (Wildman–Crippen MR) is 115 cm³/mol. The number of hydrogen-bond acceptors (Lipinski definition) is 6. The van der Waals surface area contributed by atoms with Gasteiger partial charge in [-0.1, -0.05) is 54.1 Å². The zero-order valence-electron chi connectivity index (χ0n) is 16.9. The molecule has 0 radical (unpaired) electrons. The van der Waals surface area contributed by atoms with Crippen LogP contribution < -0.4 is 0 Å². The van der Waals surface area contributed by atoms with Crippen molar-refractivity contribution < 1.29 is 28.9 Å². The molecule has 3 aromatic rings. The molecule has 0 aliphatic carbocycles. The molecular formula is C24H15ClN2O6. The van der Waals surface area contributed by atoms with Gasteiger partial charge in [-0.2, -0.15) is 0 Å². The maximum atomic E-state index is 12.8. The molecule has 8 nitrogen and oxygen atoms in total. The van der Waals surface area contributed by atoms with E-state index in [1.54, 1.807) is 48.5 Å². The monoisotopic (exact) mass is 462 g/mol. The average molecular weight is 463 g/mol. The van der Waals surface area contributed by atoms with Crippen LogP contribution in [0.2, 0.25) is 5.02 Å². The van der Waals surface area contributed by atoms with Gasteiger partial charge in [-0.05, 0) is 30.3 Å². The topological polar surface area (TPSA) is 93.2 Å². The molecule has 164 valence electrons. The van der Waals surface area contributed by atoms with Crippen molar-refractivity contribution in [2.45, 2.75) is 6.10 Å². The number of hydroxylamine groups is 4. The number of amides is 4. The van der Waals surface area contributed by atoms with Gasteiger partial charge in [0.15, 0.2) is 0 Å². The summed E-state index contributed by atoms with van der Waals surface area (Å²) in [5.41, 5.74) is 1.27. The Morgan fingerprint density at radius 3 is 1.55 bits per heavy atom. The number of hydrogen-bond donors (Lipinski definition) is 0. The summed E-state index contributed by atoms with van der Waals surface area (Å²) in [6.45, 7) is -0.372. The highest BCUT2D eigenvalue weighted by atomic mass is 35.5. The third-order valence-electron chi connectivity index (χ3n) is 5.35. The Labute approximate surface area is 192 Å². The molecular weight excluding hydrogens is 448 g/mol. The quantitative estimate of drug-likeness (QED) is 0.517. The van der Waals surface area contributed by atoms with Gasteiger partial charge in [0.2, 0.25) is 0 Å². The van der Waals surface area contributed by atoms with Crippen molar-refractivity contribution in [3.05, 3.63) is 106 Å². The second-order valence-electron chi connectivity index (χ2n) is 7.31. The van der Waals surface area contributed by atoms with Crippen LogP contribution in [0.5, 0.6) is 0 Å². The molecule has 0 N–H and O–H groups in total. The van der Waals surface area contributed by atoms with Gasteiger partial charge in [-0.3, -0.25) is 28.9 Å². The van der Waals surface area contributed by atoms with Crippen LogP contribution in [0, 0.1) is 0 Å². The SMILES string of the molecule is O=C1c2ccccc2C(=O)N1OCC(ON1C(=O)c2ccccc2C1=O)c1ccccc1Cl. The predicted octanol–water partition coefficient (Wildman–Crippen LogP) is 3.84. The largest absolute Gasteiger partial charge is 0.285 e. The van der Waals surface area contributed by atoms with E-state index in [2.05, 4.69) is 0 Å². The first-order chi connectivity index (χ1) is 16.0. The highest BCUT2D eigenvalue weighted by molar-refractivity contribution is 6.31. The minimum absolute atomic E-state index is 0.210. The fourth-order valence-electron chi connectivity index (χ4n) is 3.73. The number of halogens is 1. The van der Waals surface area contributed by atoms with Gasteiger partial charge in [0, 0.05) is 10.6 Å². The standard InChI is InChI=1S/C24H15ClN2O6/c25-19-12-6-5-11-18(19)20(33-27-23(30)16-9-3-4-10-17(16)24(27)31)13-32-26-21(28)14-7-1-2-8-15(14)22(26)29/h1-12,20H,13H2. The van der Waals surface area contributed by atoms with E-state index in [0.29, 0.717) is 20.7 Å². The van der Waals surface area contributed by atoms with Gasteiger partial charge >= 0.3 is 0 Å². The van der Waals surface area contributed by atoms with E-state index in [1.165, 1.54) is 24.3 Å². The number of carbonyl (C=O) groups is 4. The number of carbonyl (C=O) groups excluding carboxylic acids is 4. The van der Waals surface area contributed by atoms with Crippen LogP contribution in [0.4, 0.5) is 0 Å². The molecule has 9 heteroatoms. The minimum atomic E-state index is -1.08. The van der Waals surface area contributed by atoms with Crippen molar-refractivity contribution in [2.24, 2.45) is 0 Å². The van der Waals surface area contributed by atoms with Gasteiger partial charge < -0.3 is 0 Å². The summed E-state index contributed by atoms with van der Waals surface area (Å²) >= 11 is 6.32.